The molecule has 1 heterocycles. The van der Waals surface area contributed by atoms with Crippen LogP contribution in [0.15, 0.2) is 18.2 Å². The number of carbonyl (C=O) groups excluding carboxylic acids is 3. The van der Waals surface area contributed by atoms with Gasteiger partial charge in [0.1, 0.15) is 12.4 Å². The van der Waals surface area contributed by atoms with Crippen molar-refractivity contribution in [2.75, 3.05) is 39.2 Å². The lowest BCUT2D eigenvalue weighted by Crippen LogP contribution is -2.50. The van der Waals surface area contributed by atoms with Gasteiger partial charge in [0.2, 0.25) is 11.8 Å². The van der Waals surface area contributed by atoms with E-state index in [0.717, 1.165) is 38.5 Å². The molecule has 3 atom stereocenters. The van der Waals surface area contributed by atoms with E-state index in [1.807, 2.05) is 11.8 Å². The van der Waals surface area contributed by atoms with Gasteiger partial charge in [0.15, 0.2) is 0 Å². The van der Waals surface area contributed by atoms with E-state index in [9.17, 15) is 14.4 Å². The van der Waals surface area contributed by atoms with Gasteiger partial charge in [-0.25, -0.2) is 0 Å². The third kappa shape index (κ3) is 6.20. The lowest BCUT2D eigenvalue weighted by atomic mass is 9.87. The molecule has 8 nitrogen and oxygen atoms in total. The van der Waals surface area contributed by atoms with Crippen LogP contribution in [0.5, 0.6) is 5.75 Å². The maximum absolute atomic E-state index is 13.6. The molecular weight excluding hydrogens is 458 g/mol. The molecule has 0 unspecified atom stereocenters. The zero-order chi connectivity index (χ0) is 25.8. The largest absolute Gasteiger partial charge is 0.491 e. The molecule has 2 fully saturated rings. The molecule has 0 aromatic heterocycles. The first kappa shape index (κ1) is 26.5. The van der Waals surface area contributed by atoms with Gasteiger partial charge in [0.05, 0.1) is 17.7 Å². The molecule has 36 heavy (non-hydrogen) atoms. The highest BCUT2D eigenvalue weighted by Crippen LogP contribution is 2.32. The van der Waals surface area contributed by atoms with Gasteiger partial charge in [-0.15, -0.1) is 0 Å². The van der Waals surface area contributed by atoms with Crippen LogP contribution in [0.2, 0.25) is 0 Å². The molecule has 2 aliphatic carbocycles. The number of benzene rings is 1. The second-order valence-electron chi connectivity index (χ2n) is 10.9. The predicted molar refractivity (Wildman–Crippen MR) is 138 cm³/mol. The summed E-state index contributed by atoms with van der Waals surface area (Å²) in [5.41, 5.74) is 0.980. The second kappa shape index (κ2) is 11.6. The van der Waals surface area contributed by atoms with Gasteiger partial charge < -0.3 is 24.6 Å². The van der Waals surface area contributed by atoms with Crippen molar-refractivity contribution in [1.82, 2.24) is 9.80 Å². The number of amides is 3. The van der Waals surface area contributed by atoms with Crippen LogP contribution in [-0.2, 0) is 14.3 Å². The number of nitrogens with one attached hydrogen (secondary N) is 1. The predicted octanol–water partition coefficient (Wildman–Crippen LogP) is 3.95. The minimum absolute atomic E-state index is 0.0106. The Hall–Kier alpha value is -2.61. The van der Waals surface area contributed by atoms with Crippen LogP contribution in [0.1, 0.15) is 69.2 Å². The van der Waals surface area contributed by atoms with E-state index < -0.39 is 0 Å². The molecule has 2 saturated carbocycles. The normalized spacial score (nSPS) is 26.3. The number of nitrogens with zero attached hydrogens (tertiary/aromatic N) is 2. The fourth-order valence-corrected chi connectivity index (χ4v) is 5.34. The van der Waals surface area contributed by atoms with Crippen molar-refractivity contribution in [1.29, 1.82) is 0 Å². The van der Waals surface area contributed by atoms with Crippen molar-refractivity contribution < 1.29 is 23.9 Å². The SMILES string of the molecule is CO[C@@H]1CN(C)C(=O)c2cc(NC(=O)C3CC3)ccc2OC[C@H](C)N(C(=O)C2CCCCC2)C[C@H]1C. The van der Waals surface area contributed by atoms with Gasteiger partial charge in [-0.1, -0.05) is 26.2 Å². The van der Waals surface area contributed by atoms with E-state index in [-0.39, 0.29) is 54.2 Å². The van der Waals surface area contributed by atoms with Crippen LogP contribution >= 0.6 is 0 Å². The summed E-state index contributed by atoms with van der Waals surface area (Å²) < 4.78 is 12.0. The maximum atomic E-state index is 13.6. The number of ether oxygens (including phenoxy) is 2. The number of hydrogen-bond donors (Lipinski definition) is 1. The summed E-state index contributed by atoms with van der Waals surface area (Å²) in [7, 11) is 3.41. The van der Waals surface area contributed by atoms with Gasteiger partial charge in [-0.3, -0.25) is 14.4 Å². The minimum atomic E-state index is -0.227. The van der Waals surface area contributed by atoms with Crippen molar-refractivity contribution in [3.05, 3.63) is 23.8 Å². The molecular formula is C28H41N3O5. The molecule has 0 spiro atoms. The Morgan fingerprint density at radius 3 is 2.42 bits per heavy atom. The maximum Gasteiger partial charge on any atom is 0.257 e. The van der Waals surface area contributed by atoms with Crippen LogP contribution in [0, 0.1) is 17.8 Å². The number of hydrogen-bond acceptors (Lipinski definition) is 5. The summed E-state index contributed by atoms with van der Waals surface area (Å²) in [4.78, 5) is 43.0. The molecule has 0 bridgehead atoms. The Bertz CT molecular complexity index is 957. The number of anilines is 1. The van der Waals surface area contributed by atoms with E-state index in [1.165, 1.54) is 6.42 Å². The lowest BCUT2D eigenvalue weighted by Gasteiger charge is -2.38. The van der Waals surface area contributed by atoms with Crippen molar-refractivity contribution >= 4 is 23.4 Å². The zero-order valence-electron chi connectivity index (χ0n) is 22.1. The van der Waals surface area contributed by atoms with E-state index in [0.29, 0.717) is 30.1 Å². The quantitative estimate of drug-likeness (QED) is 0.678. The van der Waals surface area contributed by atoms with Crippen molar-refractivity contribution in [2.24, 2.45) is 17.8 Å². The van der Waals surface area contributed by atoms with Gasteiger partial charge in [0.25, 0.3) is 5.91 Å². The minimum Gasteiger partial charge on any atom is -0.491 e. The van der Waals surface area contributed by atoms with E-state index >= 15 is 0 Å². The van der Waals surface area contributed by atoms with Crippen LogP contribution in [0.4, 0.5) is 5.69 Å². The first-order valence-corrected chi connectivity index (χ1v) is 13.4. The summed E-state index contributed by atoms with van der Waals surface area (Å²) in [5, 5.41) is 2.93. The molecule has 1 aliphatic heterocycles. The third-order valence-electron chi connectivity index (χ3n) is 7.90. The third-order valence-corrected chi connectivity index (χ3v) is 7.90. The molecule has 198 valence electrons. The van der Waals surface area contributed by atoms with Crippen LogP contribution in [0.3, 0.4) is 0 Å². The summed E-state index contributed by atoms with van der Waals surface area (Å²) in [5.74, 6) is 0.620. The highest BCUT2D eigenvalue weighted by Gasteiger charge is 2.34. The average Bonchev–Trinajstić information content (AvgIpc) is 3.74. The smallest absolute Gasteiger partial charge is 0.257 e. The summed E-state index contributed by atoms with van der Waals surface area (Å²) in [6, 6.07) is 5.05. The number of carbonyl (C=O) groups is 3. The Kier molecular flexibility index (Phi) is 8.54. The Balaban J connectivity index is 1.61. The summed E-state index contributed by atoms with van der Waals surface area (Å²) in [6.07, 6.45) is 6.88. The standard InChI is InChI=1S/C28H41N3O5/c1-18-15-31(27(33)21-8-6-5-7-9-21)19(2)17-36-24-13-12-22(29-26(32)20-10-11-20)14-23(24)28(34)30(3)16-25(18)35-4/h12-14,18-21,25H,5-11,15-17H2,1-4H3,(H,29,32)/t18-,19+,25-/m1/s1. The van der Waals surface area contributed by atoms with Crippen molar-refractivity contribution in [3.8, 4) is 5.75 Å². The Labute approximate surface area is 214 Å². The summed E-state index contributed by atoms with van der Waals surface area (Å²) >= 11 is 0. The molecule has 1 N–H and O–H groups in total. The molecule has 3 amide bonds. The van der Waals surface area contributed by atoms with Gasteiger partial charge >= 0.3 is 0 Å². The molecule has 3 aliphatic rings. The molecule has 1 aromatic rings. The molecule has 1 aromatic carbocycles. The Morgan fingerprint density at radius 2 is 1.75 bits per heavy atom. The van der Waals surface area contributed by atoms with Gasteiger partial charge in [-0.05, 0) is 50.8 Å². The molecule has 0 saturated heterocycles. The van der Waals surface area contributed by atoms with Crippen molar-refractivity contribution in [2.45, 2.75) is 70.9 Å². The second-order valence-corrected chi connectivity index (χ2v) is 10.9. The number of methoxy groups -OCH3 is 1. The molecule has 8 heteroatoms. The molecule has 0 radical (unpaired) electrons. The Morgan fingerprint density at radius 1 is 1.03 bits per heavy atom. The van der Waals surface area contributed by atoms with E-state index in [1.54, 1.807) is 37.3 Å². The topological polar surface area (TPSA) is 88.2 Å². The van der Waals surface area contributed by atoms with Crippen LogP contribution in [-0.4, -0.2) is 73.5 Å². The van der Waals surface area contributed by atoms with E-state index in [4.69, 9.17) is 9.47 Å². The lowest BCUT2D eigenvalue weighted by molar-refractivity contribution is -0.141. The zero-order valence-corrected chi connectivity index (χ0v) is 22.1. The van der Waals surface area contributed by atoms with Crippen molar-refractivity contribution in [3.63, 3.8) is 0 Å². The fourth-order valence-electron chi connectivity index (χ4n) is 5.34. The highest BCUT2D eigenvalue weighted by atomic mass is 16.5. The van der Waals surface area contributed by atoms with Crippen LogP contribution < -0.4 is 10.1 Å². The average molecular weight is 500 g/mol. The monoisotopic (exact) mass is 499 g/mol. The molecule has 4 rings (SSSR count). The highest BCUT2D eigenvalue weighted by molar-refractivity contribution is 6.00. The van der Waals surface area contributed by atoms with Crippen LogP contribution in [0.25, 0.3) is 0 Å². The summed E-state index contributed by atoms with van der Waals surface area (Å²) in [6.45, 7) is 5.31. The first-order chi connectivity index (χ1) is 17.3. The van der Waals surface area contributed by atoms with Gasteiger partial charge in [-0.2, -0.15) is 0 Å². The van der Waals surface area contributed by atoms with Gasteiger partial charge in [0, 0.05) is 50.7 Å². The number of likely N-dealkylation sites (N-methyl/N-ethyl adjacent to an activating group) is 1. The first-order valence-electron chi connectivity index (χ1n) is 13.4. The number of fused-ring (bicyclic) bond motifs is 1. The number of rotatable bonds is 4. The van der Waals surface area contributed by atoms with E-state index in [2.05, 4.69) is 12.2 Å². The fraction of sp³-hybridized carbons (Fsp3) is 0.679.